The summed E-state index contributed by atoms with van der Waals surface area (Å²) >= 11 is 6.23. The highest BCUT2D eigenvalue weighted by molar-refractivity contribution is 6.34. The molecular weight excluding hydrogens is 527 g/mol. The Morgan fingerprint density at radius 3 is 2.68 bits per heavy atom. The molecule has 3 aromatic rings. The van der Waals surface area contributed by atoms with E-state index in [-0.39, 0.29) is 59.1 Å². The highest BCUT2D eigenvalue weighted by Crippen LogP contribution is 2.36. The lowest BCUT2D eigenvalue weighted by atomic mass is 10.2. The van der Waals surface area contributed by atoms with Crippen molar-refractivity contribution in [1.29, 1.82) is 0 Å². The topological polar surface area (TPSA) is 129 Å². The number of anilines is 1. The van der Waals surface area contributed by atoms with Gasteiger partial charge in [-0.15, -0.1) is 6.42 Å². The summed E-state index contributed by atoms with van der Waals surface area (Å²) in [5, 5.41) is 8.84. The fraction of sp³-hybridized carbons (Fsp3) is 0.333. The smallest absolute Gasteiger partial charge is 0.378 e. The van der Waals surface area contributed by atoms with Gasteiger partial charge in [0.25, 0.3) is 11.8 Å². The fourth-order valence-corrected chi connectivity index (χ4v) is 3.70. The van der Waals surface area contributed by atoms with Gasteiger partial charge in [0.05, 0.1) is 41.3 Å². The molecule has 0 saturated heterocycles. The Bertz CT molecular complexity index is 1360. The fourth-order valence-electron chi connectivity index (χ4n) is 3.43. The lowest BCUT2D eigenvalue weighted by Gasteiger charge is -2.11. The second kappa shape index (κ2) is 12.1. The summed E-state index contributed by atoms with van der Waals surface area (Å²) in [5.74, 6) is 0.924. The number of hydrogen-bond donors (Lipinski definition) is 3. The number of halogens is 4. The number of amides is 2. The van der Waals surface area contributed by atoms with E-state index in [4.69, 9.17) is 28.5 Å². The van der Waals surface area contributed by atoms with Crippen LogP contribution in [0.4, 0.5) is 18.9 Å². The summed E-state index contributed by atoms with van der Waals surface area (Å²) in [6, 6.07) is 4.14. The number of terminal acetylenes is 1. The molecule has 0 spiro atoms. The van der Waals surface area contributed by atoms with E-state index < -0.39 is 23.7 Å². The molecule has 0 aliphatic heterocycles. The Morgan fingerprint density at radius 1 is 1.32 bits per heavy atom. The predicted molar refractivity (Wildman–Crippen MR) is 134 cm³/mol. The summed E-state index contributed by atoms with van der Waals surface area (Å²) < 4.78 is 48.1. The van der Waals surface area contributed by atoms with Crippen molar-refractivity contribution in [1.82, 2.24) is 24.6 Å². The largest absolute Gasteiger partial charge is 0.435 e. The van der Waals surface area contributed by atoms with Gasteiger partial charge in [-0.2, -0.15) is 18.3 Å². The van der Waals surface area contributed by atoms with Gasteiger partial charge in [-0.05, 0) is 25.1 Å². The van der Waals surface area contributed by atoms with Gasteiger partial charge in [-0.25, -0.2) is 4.98 Å². The standard InChI is InChI=1S/C24H25ClF3N7O3/c1-4-8-35-12-17(20(33-35)24(26,27)28)19-11-31-21(34(19)3)23(37)32-15-5-6-16(18(25)10-15)22(36)30-7-9-38-13-14(2)29/h1,5-6,10-12,14H,7-9,13,29H2,2-3H3,(H,30,36)(H,32,37)/t14-/m0/s1. The summed E-state index contributed by atoms with van der Waals surface area (Å²) in [7, 11) is 1.40. The molecule has 202 valence electrons. The van der Waals surface area contributed by atoms with E-state index in [0.717, 1.165) is 17.1 Å². The van der Waals surface area contributed by atoms with Crippen LogP contribution >= 0.6 is 11.6 Å². The molecule has 1 atom stereocenters. The van der Waals surface area contributed by atoms with Gasteiger partial charge < -0.3 is 25.7 Å². The molecule has 0 aliphatic carbocycles. The molecule has 10 nitrogen and oxygen atoms in total. The van der Waals surface area contributed by atoms with Crippen LogP contribution in [-0.4, -0.2) is 56.9 Å². The Morgan fingerprint density at radius 2 is 2.05 bits per heavy atom. The van der Waals surface area contributed by atoms with Crippen LogP contribution in [0.1, 0.15) is 33.6 Å². The van der Waals surface area contributed by atoms with Gasteiger partial charge in [0, 0.05) is 31.5 Å². The molecule has 38 heavy (non-hydrogen) atoms. The van der Waals surface area contributed by atoms with Gasteiger partial charge in [0.2, 0.25) is 0 Å². The van der Waals surface area contributed by atoms with Crippen LogP contribution in [0.5, 0.6) is 0 Å². The summed E-state index contributed by atoms with van der Waals surface area (Å²) in [6.45, 7) is 2.53. The molecule has 2 aromatic heterocycles. The van der Waals surface area contributed by atoms with Crippen LogP contribution in [0.2, 0.25) is 5.02 Å². The molecule has 0 bridgehead atoms. The summed E-state index contributed by atoms with van der Waals surface area (Å²) in [5.41, 5.74) is 4.60. The highest BCUT2D eigenvalue weighted by Gasteiger charge is 2.38. The summed E-state index contributed by atoms with van der Waals surface area (Å²) in [6.07, 6.45) is 2.73. The second-order valence-corrected chi connectivity index (χ2v) is 8.68. The van der Waals surface area contributed by atoms with Crippen molar-refractivity contribution < 1.29 is 27.5 Å². The zero-order valence-corrected chi connectivity index (χ0v) is 21.2. The third-order valence-corrected chi connectivity index (χ3v) is 5.45. The monoisotopic (exact) mass is 551 g/mol. The Hall–Kier alpha value is -3.86. The summed E-state index contributed by atoms with van der Waals surface area (Å²) in [4.78, 5) is 29.2. The molecule has 14 heteroatoms. The molecule has 0 saturated carbocycles. The number of nitrogens with zero attached hydrogens (tertiary/aromatic N) is 4. The zero-order chi connectivity index (χ0) is 28.0. The van der Waals surface area contributed by atoms with Crippen LogP contribution in [-0.2, 0) is 24.5 Å². The van der Waals surface area contributed by atoms with Crippen molar-refractivity contribution in [2.45, 2.75) is 25.7 Å². The molecule has 4 N–H and O–H groups in total. The molecule has 0 unspecified atom stereocenters. The maximum atomic E-state index is 13.5. The number of imidazole rings is 1. The van der Waals surface area contributed by atoms with E-state index in [1.54, 1.807) is 6.92 Å². The van der Waals surface area contributed by atoms with Gasteiger partial charge in [0.15, 0.2) is 11.5 Å². The second-order valence-electron chi connectivity index (χ2n) is 8.27. The van der Waals surface area contributed by atoms with Crippen molar-refractivity contribution in [3.8, 4) is 23.6 Å². The third-order valence-electron chi connectivity index (χ3n) is 5.13. The van der Waals surface area contributed by atoms with Crippen molar-refractivity contribution in [2.75, 3.05) is 25.1 Å². The first kappa shape index (κ1) is 28.7. The minimum atomic E-state index is -4.75. The minimum absolute atomic E-state index is 0.0145. The van der Waals surface area contributed by atoms with Crippen LogP contribution in [0.3, 0.4) is 0 Å². The predicted octanol–water partition coefficient (Wildman–Crippen LogP) is 2.93. The van der Waals surface area contributed by atoms with E-state index in [1.807, 2.05) is 0 Å². The van der Waals surface area contributed by atoms with Gasteiger partial charge in [0.1, 0.15) is 6.54 Å². The minimum Gasteiger partial charge on any atom is -0.378 e. The maximum Gasteiger partial charge on any atom is 0.435 e. The Labute approximate surface area is 221 Å². The number of alkyl halides is 3. The van der Waals surface area contributed by atoms with E-state index in [9.17, 15) is 22.8 Å². The van der Waals surface area contributed by atoms with Gasteiger partial charge >= 0.3 is 6.18 Å². The van der Waals surface area contributed by atoms with Crippen LogP contribution in [0.25, 0.3) is 11.3 Å². The SMILES string of the molecule is C#CCn1cc(-c2cnc(C(=O)Nc3ccc(C(=O)NCCOC[C@H](C)N)c(Cl)c3)n2C)c(C(F)(F)F)n1. The number of hydrogen-bond acceptors (Lipinski definition) is 6. The van der Waals surface area contributed by atoms with Gasteiger partial charge in [-0.3, -0.25) is 14.3 Å². The van der Waals surface area contributed by atoms with E-state index in [0.29, 0.717) is 6.61 Å². The lowest BCUT2D eigenvalue weighted by molar-refractivity contribution is -0.141. The lowest BCUT2D eigenvalue weighted by Crippen LogP contribution is -2.29. The number of carbonyl (C=O) groups excluding carboxylic acids is 2. The molecule has 1 aromatic carbocycles. The molecule has 0 aliphatic rings. The number of aromatic nitrogens is 4. The molecule has 3 rings (SSSR count). The van der Waals surface area contributed by atoms with Crippen LogP contribution in [0.15, 0.2) is 30.6 Å². The number of ether oxygens (including phenoxy) is 1. The molecule has 0 radical (unpaired) electrons. The van der Waals surface area contributed by atoms with Crippen molar-refractivity contribution in [3.05, 3.63) is 52.7 Å². The Kier molecular flexibility index (Phi) is 9.16. The first-order valence-electron chi connectivity index (χ1n) is 11.2. The third kappa shape index (κ3) is 6.91. The molecular formula is C24H25ClF3N7O3. The molecule has 0 fully saturated rings. The van der Waals surface area contributed by atoms with Crippen molar-refractivity contribution in [2.24, 2.45) is 12.8 Å². The van der Waals surface area contributed by atoms with E-state index >= 15 is 0 Å². The Balaban J connectivity index is 1.72. The number of nitrogens with one attached hydrogen (secondary N) is 2. The number of nitrogens with two attached hydrogens (primary N) is 1. The maximum absolute atomic E-state index is 13.5. The van der Waals surface area contributed by atoms with Crippen LogP contribution < -0.4 is 16.4 Å². The molecule has 2 amide bonds. The van der Waals surface area contributed by atoms with Crippen LogP contribution in [0, 0.1) is 12.3 Å². The van der Waals surface area contributed by atoms with Crippen molar-refractivity contribution >= 4 is 29.1 Å². The first-order chi connectivity index (χ1) is 17.9. The normalized spacial score (nSPS) is 12.2. The van der Waals surface area contributed by atoms with E-state index in [1.165, 1.54) is 29.8 Å². The van der Waals surface area contributed by atoms with E-state index in [2.05, 4.69) is 26.6 Å². The number of rotatable bonds is 10. The van der Waals surface area contributed by atoms with Crippen molar-refractivity contribution in [3.63, 3.8) is 0 Å². The quantitative estimate of drug-likeness (QED) is 0.262. The average Bonchev–Trinajstić information content (AvgIpc) is 3.42. The molecule has 2 heterocycles. The first-order valence-corrected chi connectivity index (χ1v) is 11.6. The average molecular weight is 552 g/mol. The number of benzene rings is 1. The highest BCUT2D eigenvalue weighted by atomic mass is 35.5. The van der Waals surface area contributed by atoms with Gasteiger partial charge in [-0.1, -0.05) is 17.5 Å². The zero-order valence-electron chi connectivity index (χ0n) is 20.5. The number of carbonyl (C=O) groups is 2.